The summed E-state index contributed by atoms with van der Waals surface area (Å²) in [5.74, 6) is 0.828. The fraction of sp³-hybridized carbons (Fsp3) is 1.00. The minimum atomic E-state index is 0.405. The van der Waals surface area contributed by atoms with E-state index in [1.54, 1.807) is 0 Å². The Labute approximate surface area is 95.4 Å². The van der Waals surface area contributed by atoms with E-state index in [2.05, 4.69) is 20.8 Å². The van der Waals surface area contributed by atoms with Gasteiger partial charge in [-0.25, -0.2) is 0 Å². The molecule has 14 heavy (non-hydrogen) atoms. The molecule has 0 aromatic rings. The quantitative estimate of drug-likeness (QED) is 0.360. The molecule has 0 amide bonds. The monoisotopic (exact) mass is 218 g/mol. The summed E-state index contributed by atoms with van der Waals surface area (Å²) in [6.07, 6.45) is 10.7. The highest BCUT2D eigenvalue weighted by molar-refractivity contribution is 6.18. The summed E-state index contributed by atoms with van der Waals surface area (Å²) in [5.41, 5.74) is 0.405. The van der Waals surface area contributed by atoms with Crippen LogP contribution >= 0.6 is 11.6 Å². The molecule has 1 heteroatoms. The van der Waals surface area contributed by atoms with Gasteiger partial charge in [0.2, 0.25) is 0 Å². The van der Waals surface area contributed by atoms with Gasteiger partial charge in [0, 0.05) is 5.88 Å². The van der Waals surface area contributed by atoms with Crippen LogP contribution in [0.1, 0.15) is 72.1 Å². The highest BCUT2D eigenvalue weighted by Gasteiger charge is 2.20. The fourth-order valence-electron chi connectivity index (χ4n) is 2.02. The number of hydrogen-bond donors (Lipinski definition) is 0. The summed E-state index contributed by atoms with van der Waals surface area (Å²) < 4.78 is 0. The van der Waals surface area contributed by atoms with Crippen molar-refractivity contribution >= 4 is 11.6 Å². The Hall–Kier alpha value is 0.290. The van der Waals surface area contributed by atoms with Crippen LogP contribution in [0, 0.1) is 5.41 Å². The molecule has 0 heterocycles. The molecule has 86 valence electrons. The average molecular weight is 219 g/mol. The molecular weight excluding hydrogens is 192 g/mol. The van der Waals surface area contributed by atoms with E-state index < -0.39 is 0 Å². The standard InChI is InChI=1S/C13H27Cl/c1-4-6-7-8-9-11-13(3,12-14)10-5-2/h4-12H2,1-3H3. The lowest BCUT2D eigenvalue weighted by molar-refractivity contribution is 0.296. The Kier molecular flexibility index (Phi) is 8.76. The maximum Gasteiger partial charge on any atom is 0.0277 e. The molecule has 0 spiro atoms. The molecule has 0 saturated carbocycles. The second kappa shape index (κ2) is 8.59. The zero-order valence-corrected chi connectivity index (χ0v) is 11.0. The van der Waals surface area contributed by atoms with E-state index >= 15 is 0 Å². The van der Waals surface area contributed by atoms with E-state index in [1.165, 1.54) is 51.4 Å². The molecule has 0 bridgehead atoms. The first kappa shape index (κ1) is 14.3. The SMILES string of the molecule is CCCCCCCC(C)(CCl)CCC. The topological polar surface area (TPSA) is 0 Å². The molecule has 0 saturated heterocycles. The third-order valence-electron chi connectivity index (χ3n) is 3.06. The lowest BCUT2D eigenvalue weighted by atomic mass is 9.82. The largest absolute Gasteiger partial charge is 0.126 e. The highest BCUT2D eigenvalue weighted by Crippen LogP contribution is 2.31. The van der Waals surface area contributed by atoms with Crippen LogP contribution in [0.4, 0.5) is 0 Å². The van der Waals surface area contributed by atoms with Crippen molar-refractivity contribution < 1.29 is 0 Å². The van der Waals surface area contributed by atoms with Crippen LogP contribution in [0.2, 0.25) is 0 Å². The predicted molar refractivity (Wildman–Crippen MR) is 67.1 cm³/mol. The zero-order chi connectivity index (χ0) is 10.9. The van der Waals surface area contributed by atoms with Gasteiger partial charge in [0.05, 0.1) is 0 Å². The summed E-state index contributed by atoms with van der Waals surface area (Å²) in [5, 5.41) is 0. The number of hydrogen-bond acceptors (Lipinski definition) is 0. The van der Waals surface area contributed by atoms with Gasteiger partial charge in [-0.15, -0.1) is 11.6 Å². The maximum absolute atomic E-state index is 6.03. The molecule has 0 aliphatic carbocycles. The van der Waals surface area contributed by atoms with E-state index in [4.69, 9.17) is 11.6 Å². The Morgan fingerprint density at radius 1 is 0.857 bits per heavy atom. The second-order valence-corrected chi connectivity index (χ2v) is 5.13. The van der Waals surface area contributed by atoms with Crippen molar-refractivity contribution in [2.24, 2.45) is 5.41 Å². The normalized spacial score (nSPS) is 15.4. The van der Waals surface area contributed by atoms with Crippen LogP contribution in [0.5, 0.6) is 0 Å². The molecule has 1 atom stereocenters. The van der Waals surface area contributed by atoms with Gasteiger partial charge in [-0.2, -0.15) is 0 Å². The van der Waals surface area contributed by atoms with Crippen molar-refractivity contribution in [1.82, 2.24) is 0 Å². The first-order valence-electron chi connectivity index (χ1n) is 6.24. The van der Waals surface area contributed by atoms with Crippen LogP contribution in [0.3, 0.4) is 0 Å². The smallest absolute Gasteiger partial charge is 0.0277 e. The van der Waals surface area contributed by atoms with Crippen molar-refractivity contribution in [3.05, 3.63) is 0 Å². The van der Waals surface area contributed by atoms with E-state index in [-0.39, 0.29) is 0 Å². The third kappa shape index (κ3) is 6.70. The Balaban J connectivity index is 3.51. The molecular formula is C13H27Cl. The molecule has 0 nitrogen and oxygen atoms in total. The Morgan fingerprint density at radius 3 is 2.00 bits per heavy atom. The Morgan fingerprint density at radius 2 is 1.50 bits per heavy atom. The highest BCUT2D eigenvalue weighted by atomic mass is 35.5. The summed E-state index contributed by atoms with van der Waals surface area (Å²) in [6, 6.07) is 0. The van der Waals surface area contributed by atoms with Crippen molar-refractivity contribution in [2.45, 2.75) is 72.1 Å². The van der Waals surface area contributed by atoms with Crippen molar-refractivity contribution in [1.29, 1.82) is 0 Å². The van der Waals surface area contributed by atoms with Gasteiger partial charge in [-0.3, -0.25) is 0 Å². The van der Waals surface area contributed by atoms with Gasteiger partial charge in [0.25, 0.3) is 0 Å². The summed E-state index contributed by atoms with van der Waals surface area (Å²) in [6.45, 7) is 6.85. The van der Waals surface area contributed by atoms with E-state index in [1.807, 2.05) is 0 Å². The lowest BCUT2D eigenvalue weighted by Crippen LogP contribution is -2.18. The molecule has 0 radical (unpaired) electrons. The predicted octanol–water partition coefficient (Wildman–Crippen LogP) is 5.39. The minimum absolute atomic E-state index is 0.405. The van der Waals surface area contributed by atoms with E-state index in [0.29, 0.717) is 5.41 Å². The Bertz CT molecular complexity index is 122. The lowest BCUT2D eigenvalue weighted by Gasteiger charge is -2.26. The first-order valence-corrected chi connectivity index (χ1v) is 6.78. The number of halogens is 1. The van der Waals surface area contributed by atoms with Crippen molar-refractivity contribution in [3.8, 4) is 0 Å². The van der Waals surface area contributed by atoms with Crippen molar-refractivity contribution in [2.75, 3.05) is 5.88 Å². The first-order chi connectivity index (χ1) is 6.68. The number of unbranched alkanes of at least 4 members (excludes halogenated alkanes) is 4. The number of alkyl halides is 1. The van der Waals surface area contributed by atoms with Gasteiger partial charge >= 0.3 is 0 Å². The van der Waals surface area contributed by atoms with E-state index in [0.717, 1.165) is 5.88 Å². The van der Waals surface area contributed by atoms with Crippen LogP contribution < -0.4 is 0 Å². The molecule has 0 fully saturated rings. The van der Waals surface area contributed by atoms with Crippen LogP contribution in [-0.4, -0.2) is 5.88 Å². The second-order valence-electron chi connectivity index (χ2n) is 4.86. The molecule has 0 aliphatic rings. The van der Waals surface area contributed by atoms with Gasteiger partial charge in [0.15, 0.2) is 0 Å². The van der Waals surface area contributed by atoms with Gasteiger partial charge in [-0.1, -0.05) is 59.3 Å². The third-order valence-corrected chi connectivity index (χ3v) is 3.71. The van der Waals surface area contributed by atoms with E-state index in [9.17, 15) is 0 Å². The van der Waals surface area contributed by atoms with Crippen LogP contribution in [0.25, 0.3) is 0 Å². The molecule has 0 aromatic heterocycles. The van der Waals surface area contributed by atoms with Crippen molar-refractivity contribution in [3.63, 3.8) is 0 Å². The fourth-order valence-corrected chi connectivity index (χ4v) is 2.28. The molecule has 0 aliphatic heterocycles. The molecule has 0 rings (SSSR count). The number of rotatable bonds is 9. The van der Waals surface area contributed by atoms with Gasteiger partial charge in [-0.05, 0) is 18.3 Å². The summed E-state index contributed by atoms with van der Waals surface area (Å²) >= 11 is 6.03. The molecule has 0 N–H and O–H groups in total. The summed E-state index contributed by atoms with van der Waals surface area (Å²) in [4.78, 5) is 0. The molecule has 1 unspecified atom stereocenters. The maximum atomic E-state index is 6.03. The minimum Gasteiger partial charge on any atom is -0.126 e. The van der Waals surface area contributed by atoms with Crippen LogP contribution in [-0.2, 0) is 0 Å². The zero-order valence-electron chi connectivity index (χ0n) is 10.2. The molecule has 0 aromatic carbocycles. The average Bonchev–Trinajstić information content (AvgIpc) is 2.18. The van der Waals surface area contributed by atoms with Gasteiger partial charge in [0.1, 0.15) is 0 Å². The summed E-state index contributed by atoms with van der Waals surface area (Å²) in [7, 11) is 0. The van der Waals surface area contributed by atoms with Crippen LogP contribution in [0.15, 0.2) is 0 Å². The van der Waals surface area contributed by atoms with Gasteiger partial charge < -0.3 is 0 Å².